The third-order valence-corrected chi connectivity index (χ3v) is 3.16. The van der Waals surface area contributed by atoms with Crippen LogP contribution in [0.3, 0.4) is 0 Å². The number of amides is 1. The molecule has 0 saturated carbocycles. The average Bonchev–Trinajstić information content (AvgIpc) is 3.08. The van der Waals surface area contributed by atoms with Gasteiger partial charge in [0.2, 0.25) is 0 Å². The van der Waals surface area contributed by atoms with E-state index in [1.807, 2.05) is 30.5 Å². The molecule has 2 aromatic heterocycles. The van der Waals surface area contributed by atoms with Gasteiger partial charge in [-0.3, -0.25) is 4.79 Å². The Bertz CT molecular complexity index is 712. The van der Waals surface area contributed by atoms with Crippen LogP contribution in [0.5, 0.6) is 0 Å². The molecule has 3 aromatic rings. The summed E-state index contributed by atoms with van der Waals surface area (Å²) in [6.07, 6.45) is 5.48. The van der Waals surface area contributed by atoms with Crippen LogP contribution < -0.4 is 5.32 Å². The van der Waals surface area contributed by atoms with Crippen LogP contribution in [0, 0.1) is 0 Å². The van der Waals surface area contributed by atoms with Gasteiger partial charge in [0.15, 0.2) is 0 Å². The van der Waals surface area contributed by atoms with Crippen LogP contribution in [-0.4, -0.2) is 27.5 Å². The fraction of sp³-hybridized carbons (Fsp3) is 0.143. The Morgan fingerprint density at radius 1 is 1.42 bits per heavy atom. The molecular weight excluding hydrogens is 240 g/mol. The Balaban J connectivity index is 2.03. The first-order valence-electron chi connectivity index (χ1n) is 6.06. The van der Waals surface area contributed by atoms with E-state index in [0.29, 0.717) is 12.1 Å². The lowest BCUT2D eigenvalue weighted by atomic mass is 10.1. The molecule has 5 heteroatoms. The minimum Gasteiger partial charge on any atom is -0.355 e. The fourth-order valence-electron chi connectivity index (χ4n) is 2.16. The summed E-state index contributed by atoms with van der Waals surface area (Å²) in [7, 11) is 1.64. The Labute approximate surface area is 110 Å². The number of hydrogen-bond acceptors (Lipinski definition) is 2. The number of carbonyl (C=O) groups excluding carboxylic acids is 1. The summed E-state index contributed by atoms with van der Waals surface area (Å²) < 4.78 is 2.09. The van der Waals surface area contributed by atoms with Gasteiger partial charge >= 0.3 is 0 Å². The molecule has 2 heterocycles. The number of rotatable bonds is 3. The van der Waals surface area contributed by atoms with Gasteiger partial charge in [-0.05, 0) is 23.6 Å². The molecule has 0 saturated heterocycles. The van der Waals surface area contributed by atoms with Gasteiger partial charge in [0.25, 0.3) is 5.91 Å². The normalized spacial score (nSPS) is 10.8. The number of carbonyl (C=O) groups is 1. The van der Waals surface area contributed by atoms with E-state index >= 15 is 0 Å². The SMILES string of the molecule is CNC(=O)c1ccc2ccn(Cc3cnc[nH]3)c2c1. The van der Waals surface area contributed by atoms with Gasteiger partial charge in [-0.2, -0.15) is 0 Å². The van der Waals surface area contributed by atoms with Crippen LogP contribution in [0.2, 0.25) is 0 Å². The average molecular weight is 254 g/mol. The zero-order chi connectivity index (χ0) is 13.2. The molecule has 0 radical (unpaired) electrons. The van der Waals surface area contributed by atoms with E-state index in [4.69, 9.17) is 0 Å². The largest absolute Gasteiger partial charge is 0.355 e. The third kappa shape index (κ3) is 2.10. The molecular formula is C14H14N4O. The summed E-state index contributed by atoms with van der Waals surface area (Å²) in [5.41, 5.74) is 2.73. The van der Waals surface area contributed by atoms with E-state index in [0.717, 1.165) is 16.6 Å². The van der Waals surface area contributed by atoms with Crippen LogP contribution >= 0.6 is 0 Å². The molecule has 0 unspecified atom stereocenters. The maximum absolute atomic E-state index is 11.7. The monoisotopic (exact) mass is 254 g/mol. The number of imidazole rings is 1. The molecule has 2 N–H and O–H groups in total. The van der Waals surface area contributed by atoms with Gasteiger partial charge in [0, 0.05) is 30.5 Å². The smallest absolute Gasteiger partial charge is 0.251 e. The van der Waals surface area contributed by atoms with Crippen molar-refractivity contribution in [2.24, 2.45) is 0 Å². The number of hydrogen-bond donors (Lipinski definition) is 2. The first-order valence-corrected chi connectivity index (χ1v) is 6.06. The van der Waals surface area contributed by atoms with Crippen molar-refractivity contribution in [3.05, 3.63) is 54.2 Å². The van der Waals surface area contributed by atoms with Crippen molar-refractivity contribution in [3.63, 3.8) is 0 Å². The fourth-order valence-corrected chi connectivity index (χ4v) is 2.16. The lowest BCUT2D eigenvalue weighted by molar-refractivity contribution is 0.0963. The van der Waals surface area contributed by atoms with Crippen molar-refractivity contribution in [2.75, 3.05) is 7.05 Å². The lowest BCUT2D eigenvalue weighted by Crippen LogP contribution is -2.17. The Hall–Kier alpha value is -2.56. The number of nitrogens with one attached hydrogen (secondary N) is 2. The predicted octanol–water partition coefficient (Wildman–Crippen LogP) is 1.77. The second-order valence-corrected chi connectivity index (χ2v) is 4.37. The Morgan fingerprint density at radius 2 is 2.32 bits per heavy atom. The van der Waals surface area contributed by atoms with Gasteiger partial charge in [-0.15, -0.1) is 0 Å². The molecule has 19 heavy (non-hydrogen) atoms. The highest BCUT2D eigenvalue weighted by atomic mass is 16.1. The van der Waals surface area contributed by atoms with E-state index < -0.39 is 0 Å². The van der Waals surface area contributed by atoms with Crippen LogP contribution in [-0.2, 0) is 6.54 Å². The number of benzene rings is 1. The van der Waals surface area contributed by atoms with Gasteiger partial charge in [-0.1, -0.05) is 6.07 Å². The minimum atomic E-state index is -0.0730. The van der Waals surface area contributed by atoms with Crippen LogP contribution in [0.15, 0.2) is 43.0 Å². The van der Waals surface area contributed by atoms with Crippen LogP contribution in [0.4, 0.5) is 0 Å². The summed E-state index contributed by atoms with van der Waals surface area (Å²) in [4.78, 5) is 18.8. The third-order valence-electron chi connectivity index (χ3n) is 3.16. The minimum absolute atomic E-state index is 0.0730. The van der Waals surface area contributed by atoms with Gasteiger partial charge in [0.05, 0.1) is 18.6 Å². The number of aromatic amines is 1. The van der Waals surface area contributed by atoms with Crippen molar-refractivity contribution >= 4 is 16.8 Å². The number of fused-ring (bicyclic) bond motifs is 1. The molecule has 0 aliphatic rings. The summed E-state index contributed by atoms with van der Waals surface area (Å²) in [5, 5.41) is 3.76. The van der Waals surface area contributed by atoms with E-state index in [2.05, 4.69) is 19.9 Å². The summed E-state index contributed by atoms with van der Waals surface area (Å²) in [5.74, 6) is -0.0730. The molecule has 0 fully saturated rings. The second kappa shape index (κ2) is 4.61. The highest BCUT2D eigenvalue weighted by molar-refractivity contribution is 5.97. The van der Waals surface area contributed by atoms with Crippen LogP contribution in [0.1, 0.15) is 16.1 Å². The highest BCUT2D eigenvalue weighted by Gasteiger charge is 2.07. The first kappa shape index (κ1) is 11.5. The zero-order valence-corrected chi connectivity index (χ0v) is 10.6. The molecule has 3 rings (SSSR count). The van der Waals surface area contributed by atoms with Crippen molar-refractivity contribution in [3.8, 4) is 0 Å². The topological polar surface area (TPSA) is 62.7 Å². The van der Waals surface area contributed by atoms with Crippen molar-refractivity contribution in [1.82, 2.24) is 19.9 Å². The number of nitrogens with zero attached hydrogens (tertiary/aromatic N) is 2. The van der Waals surface area contributed by atoms with Crippen molar-refractivity contribution < 1.29 is 4.79 Å². The molecule has 1 aromatic carbocycles. The molecule has 0 aliphatic carbocycles. The Morgan fingerprint density at radius 3 is 3.05 bits per heavy atom. The summed E-state index contributed by atoms with van der Waals surface area (Å²) in [6.45, 7) is 0.709. The number of H-pyrrole nitrogens is 1. The molecule has 0 atom stereocenters. The maximum Gasteiger partial charge on any atom is 0.251 e. The molecule has 0 aliphatic heterocycles. The van der Waals surface area contributed by atoms with Gasteiger partial charge in [0.1, 0.15) is 0 Å². The van der Waals surface area contributed by atoms with Crippen molar-refractivity contribution in [2.45, 2.75) is 6.54 Å². The van der Waals surface area contributed by atoms with E-state index in [9.17, 15) is 4.79 Å². The quantitative estimate of drug-likeness (QED) is 0.748. The molecule has 0 spiro atoms. The number of aromatic nitrogens is 3. The lowest BCUT2D eigenvalue weighted by Gasteiger charge is -2.05. The van der Waals surface area contributed by atoms with Crippen molar-refractivity contribution in [1.29, 1.82) is 0 Å². The summed E-state index contributed by atoms with van der Waals surface area (Å²) in [6, 6.07) is 7.74. The highest BCUT2D eigenvalue weighted by Crippen LogP contribution is 2.18. The predicted molar refractivity (Wildman–Crippen MR) is 73.0 cm³/mol. The molecule has 1 amide bonds. The van der Waals surface area contributed by atoms with Gasteiger partial charge < -0.3 is 14.9 Å². The second-order valence-electron chi connectivity index (χ2n) is 4.37. The molecule has 5 nitrogen and oxygen atoms in total. The van der Waals surface area contributed by atoms with E-state index in [-0.39, 0.29) is 5.91 Å². The first-order chi connectivity index (χ1) is 9.28. The van der Waals surface area contributed by atoms with Gasteiger partial charge in [-0.25, -0.2) is 4.98 Å². The summed E-state index contributed by atoms with van der Waals surface area (Å²) >= 11 is 0. The van der Waals surface area contributed by atoms with E-state index in [1.54, 1.807) is 19.6 Å². The molecule has 0 bridgehead atoms. The van der Waals surface area contributed by atoms with Crippen LogP contribution in [0.25, 0.3) is 10.9 Å². The van der Waals surface area contributed by atoms with E-state index in [1.165, 1.54) is 0 Å². The Kier molecular flexibility index (Phi) is 2.79. The molecule has 96 valence electrons. The zero-order valence-electron chi connectivity index (χ0n) is 10.6. The standard InChI is InChI=1S/C14H14N4O/c1-15-14(19)11-3-2-10-4-5-18(13(10)6-11)8-12-7-16-9-17-12/h2-7,9H,8H2,1H3,(H,15,19)(H,16,17). The maximum atomic E-state index is 11.7.